The molecule has 0 radical (unpaired) electrons. The molecule has 0 saturated heterocycles. The fraction of sp³-hybridized carbons (Fsp3) is 0.500. The topological polar surface area (TPSA) is 41.1 Å². The lowest BCUT2D eigenvalue weighted by atomic mass is 10.1. The Labute approximate surface area is 130 Å². The SMILES string of the molecule is CCCNCCNC(=O)CCc1cccc(Br)c1.Cl. The molecule has 0 aliphatic carbocycles. The van der Waals surface area contributed by atoms with Crippen LogP contribution in [0.2, 0.25) is 0 Å². The second-order valence-electron chi connectivity index (χ2n) is 4.23. The van der Waals surface area contributed by atoms with E-state index in [4.69, 9.17) is 0 Å². The van der Waals surface area contributed by atoms with Gasteiger partial charge in [-0.3, -0.25) is 4.79 Å². The molecule has 0 spiro atoms. The Morgan fingerprint density at radius 2 is 2.05 bits per heavy atom. The van der Waals surface area contributed by atoms with Crippen LogP contribution in [0.25, 0.3) is 0 Å². The molecule has 1 aromatic carbocycles. The first kappa shape index (κ1) is 18.4. The van der Waals surface area contributed by atoms with Crippen LogP contribution in [0, 0.1) is 0 Å². The van der Waals surface area contributed by atoms with Crippen LogP contribution in [-0.2, 0) is 11.2 Å². The van der Waals surface area contributed by atoms with E-state index in [0.717, 1.165) is 30.4 Å². The van der Waals surface area contributed by atoms with E-state index < -0.39 is 0 Å². The molecular weight excluding hydrogens is 328 g/mol. The van der Waals surface area contributed by atoms with Crippen molar-refractivity contribution in [2.75, 3.05) is 19.6 Å². The maximum absolute atomic E-state index is 11.6. The summed E-state index contributed by atoms with van der Waals surface area (Å²) in [6.07, 6.45) is 2.45. The van der Waals surface area contributed by atoms with Gasteiger partial charge in [-0.25, -0.2) is 0 Å². The van der Waals surface area contributed by atoms with E-state index in [1.165, 1.54) is 5.56 Å². The van der Waals surface area contributed by atoms with E-state index in [2.05, 4.69) is 39.6 Å². The van der Waals surface area contributed by atoms with Crippen molar-refractivity contribution in [3.05, 3.63) is 34.3 Å². The summed E-state index contributed by atoms with van der Waals surface area (Å²) in [4.78, 5) is 11.6. The molecule has 3 nitrogen and oxygen atoms in total. The van der Waals surface area contributed by atoms with Gasteiger partial charge in [0.05, 0.1) is 0 Å². The predicted molar refractivity (Wildman–Crippen MR) is 85.9 cm³/mol. The van der Waals surface area contributed by atoms with Crippen molar-refractivity contribution in [1.29, 1.82) is 0 Å². The molecule has 0 heterocycles. The van der Waals surface area contributed by atoms with E-state index in [1.54, 1.807) is 0 Å². The van der Waals surface area contributed by atoms with Gasteiger partial charge in [-0.15, -0.1) is 12.4 Å². The van der Waals surface area contributed by atoms with Crippen molar-refractivity contribution in [3.63, 3.8) is 0 Å². The van der Waals surface area contributed by atoms with Gasteiger partial charge in [0, 0.05) is 24.0 Å². The van der Waals surface area contributed by atoms with Gasteiger partial charge in [0.25, 0.3) is 0 Å². The Morgan fingerprint density at radius 3 is 2.74 bits per heavy atom. The second kappa shape index (κ2) is 11.3. The molecule has 2 N–H and O–H groups in total. The van der Waals surface area contributed by atoms with Gasteiger partial charge in [-0.05, 0) is 37.1 Å². The summed E-state index contributed by atoms with van der Waals surface area (Å²) in [7, 11) is 0. The lowest BCUT2D eigenvalue weighted by molar-refractivity contribution is -0.121. The Kier molecular flexibility index (Phi) is 10.9. The lowest BCUT2D eigenvalue weighted by Crippen LogP contribution is -2.32. The van der Waals surface area contributed by atoms with Crippen LogP contribution in [-0.4, -0.2) is 25.5 Å². The number of carbonyl (C=O) groups excluding carboxylic acids is 1. The average Bonchev–Trinajstić information content (AvgIpc) is 2.36. The molecule has 1 amide bonds. The molecule has 0 saturated carbocycles. The van der Waals surface area contributed by atoms with E-state index in [1.807, 2.05) is 18.2 Å². The molecular formula is C14H22BrClN2O. The van der Waals surface area contributed by atoms with Crippen molar-refractivity contribution < 1.29 is 4.79 Å². The molecule has 19 heavy (non-hydrogen) atoms. The van der Waals surface area contributed by atoms with Gasteiger partial charge in [0.1, 0.15) is 0 Å². The highest BCUT2D eigenvalue weighted by Gasteiger charge is 2.01. The summed E-state index contributed by atoms with van der Waals surface area (Å²) in [5, 5.41) is 6.16. The fourth-order valence-electron chi connectivity index (χ4n) is 1.63. The Morgan fingerprint density at radius 1 is 1.26 bits per heavy atom. The number of carbonyl (C=O) groups is 1. The highest BCUT2D eigenvalue weighted by molar-refractivity contribution is 9.10. The molecule has 0 bridgehead atoms. The van der Waals surface area contributed by atoms with Crippen LogP contribution in [0.1, 0.15) is 25.3 Å². The monoisotopic (exact) mass is 348 g/mol. The summed E-state index contributed by atoms with van der Waals surface area (Å²) in [5.74, 6) is 0.119. The molecule has 0 atom stereocenters. The minimum atomic E-state index is 0. The van der Waals surface area contributed by atoms with Crippen molar-refractivity contribution >= 4 is 34.2 Å². The largest absolute Gasteiger partial charge is 0.355 e. The standard InChI is InChI=1S/C14H21BrN2O.ClH/c1-2-8-16-9-10-17-14(18)7-6-12-4-3-5-13(15)11-12;/h3-5,11,16H,2,6-10H2,1H3,(H,17,18);1H. The number of aryl methyl sites for hydroxylation is 1. The molecule has 5 heteroatoms. The summed E-state index contributed by atoms with van der Waals surface area (Å²) < 4.78 is 1.06. The number of nitrogens with one attached hydrogen (secondary N) is 2. The number of benzene rings is 1. The number of hydrogen-bond acceptors (Lipinski definition) is 2. The Hall–Kier alpha value is -0.580. The smallest absolute Gasteiger partial charge is 0.220 e. The summed E-state index contributed by atoms with van der Waals surface area (Å²) >= 11 is 3.43. The van der Waals surface area contributed by atoms with Gasteiger partial charge >= 0.3 is 0 Å². The van der Waals surface area contributed by atoms with Crippen LogP contribution in [0.15, 0.2) is 28.7 Å². The normalized spacial score (nSPS) is 9.79. The van der Waals surface area contributed by atoms with Gasteiger partial charge < -0.3 is 10.6 Å². The lowest BCUT2D eigenvalue weighted by Gasteiger charge is -2.06. The molecule has 108 valence electrons. The van der Waals surface area contributed by atoms with Crippen LogP contribution < -0.4 is 10.6 Å². The average molecular weight is 350 g/mol. The van der Waals surface area contributed by atoms with Gasteiger partial charge in [-0.2, -0.15) is 0 Å². The zero-order chi connectivity index (χ0) is 13.2. The molecule has 1 aromatic rings. The Bertz CT molecular complexity index is 374. The molecule has 1 rings (SSSR count). The van der Waals surface area contributed by atoms with Crippen LogP contribution >= 0.6 is 28.3 Å². The summed E-state index contributed by atoms with van der Waals surface area (Å²) in [6.45, 7) is 4.69. The van der Waals surface area contributed by atoms with E-state index >= 15 is 0 Å². The number of hydrogen-bond donors (Lipinski definition) is 2. The molecule has 0 aromatic heterocycles. The third-order valence-corrected chi connectivity index (χ3v) is 3.07. The van der Waals surface area contributed by atoms with Crippen molar-refractivity contribution in [2.45, 2.75) is 26.2 Å². The molecule has 0 aliphatic rings. The first-order valence-electron chi connectivity index (χ1n) is 6.44. The maximum Gasteiger partial charge on any atom is 0.220 e. The van der Waals surface area contributed by atoms with Crippen molar-refractivity contribution in [2.24, 2.45) is 0 Å². The fourth-order valence-corrected chi connectivity index (χ4v) is 2.08. The Balaban J connectivity index is 0.00000324. The summed E-state index contributed by atoms with van der Waals surface area (Å²) in [6, 6.07) is 8.08. The highest BCUT2D eigenvalue weighted by Crippen LogP contribution is 2.12. The van der Waals surface area contributed by atoms with Crippen molar-refractivity contribution in [1.82, 2.24) is 10.6 Å². The molecule has 0 fully saturated rings. The van der Waals surface area contributed by atoms with Gasteiger partial charge in [0.15, 0.2) is 0 Å². The third kappa shape index (κ3) is 9.03. The van der Waals surface area contributed by atoms with Crippen LogP contribution in [0.4, 0.5) is 0 Å². The minimum Gasteiger partial charge on any atom is -0.355 e. The maximum atomic E-state index is 11.6. The van der Waals surface area contributed by atoms with E-state index in [0.29, 0.717) is 13.0 Å². The second-order valence-corrected chi connectivity index (χ2v) is 5.15. The van der Waals surface area contributed by atoms with E-state index in [-0.39, 0.29) is 18.3 Å². The zero-order valence-corrected chi connectivity index (χ0v) is 13.6. The van der Waals surface area contributed by atoms with Gasteiger partial charge in [0.2, 0.25) is 5.91 Å². The van der Waals surface area contributed by atoms with Crippen molar-refractivity contribution in [3.8, 4) is 0 Å². The quantitative estimate of drug-likeness (QED) is 0.709. The van der Waals surface area contributed by atoms with Crippen LogP contribution in [0.5, 0.6) is 0 Å². The first-order valence-corrected chi connectivity index (χ1v) is 7.23. The van der Waals surface area contributed by atoms with Crippen LogP contribution in [0.3, 0.4) is 0 Å². The minimum absolute atomic E-state index is 0. The molecule has 0 unspecified atom stereocenters. The van der Waals surface area contributed by atoms with E-state index in [9.17, 15) is 4.79 Å². The van der Waals surface area contributed by atoms with Gasteiger partial charge in [-0.1, -0.05) is 35.0 Å². The molecule has 0 aliphatic heterocycles. The summed E-state index contributed by atoms with van der Waals surface area (Å²) in [5.41, 5.74) is 1.18. The zero-order valence-electron chi connectivity index (χ0n) is 11.2. The predicted octanol–water partition coefficient (Wildman–Crippen LogP) is 2.92. The number of rotatable bonds is 8. The third-order valence-electron chi connectivity index (χ3n) is 2.58. The first-order chi connectivity index (χ1) is 8.72. The highest BCUT2D eigenvalue weighted by atomic mass is 79.9. The number of halogens is 2. The number of amides is 1.